The normalized spacial score (nSPS) is 12.4. The number of hydrogen-bond acceptors (Lipinski definition) is 6. The predicted molar refractivity (Wildman–Crippen MR) is 144 cm³/mol. The van der Waals surface area contributed by atoms with Crippen LogP contribution in [0.4, 0.5) is 10.7 Å². The van der Waals surface area contributed by atoms with Gasteiger partial charge in [-0.25, -0.2) is 0 Å². The fourth-order valence-electron chi connectivity index (χ4n) is 3.73. The summed E-state index contributed by atoms with van der Waals surface area (Å²) in [6, 6.07) is 14.0. The summed E-state index contributed by atoms with van der Waals surface area (Å²) in [5.74, 6) is -0.510. The first-order valence-electron chi connectivity index (χ1n) is 10.8. The molecule has 2 aromatic carbocycles. The Labute approximate surface area is 226 Å². The molecule has 1 aliphatic heterocycles. The van der Waals surface area contributed by atoms with Gasteiger partial charge in [-0.2, -0.15) is 5.26 Å². The number of thioether (sulfide) groups is 1. The van der Waals surface area contributed by atoms with E-state index in [0.29, 0.717) is 46.3 Å². The first kappa shape index (κ1) is 26.0. The summed E-state index contributed by atoms with van der Waals surface area (Å²) in [7, 11) is 0. The molecule has 7 nitrogen and oxygen atoms in total. The number of rotatable bonds is 6. The molecule has 0 atom stereocenters. The van der Waals surface area contributed by atoms with Gasteiger partial charge in [0.25, 0.3) is 5.91 Å². The maximum atomic E-state index is 12.7. The maximum Gasteiger partial charge on any atom is 0.257 e. The van der Waals surface area contributed by atoms with Gasteiger partial charge in [-0.1, -0.05) is 29.3 Å². The minimum atomic E-state index is -0.370. The molecular formula is C25H20Cl2N4O3S2. The molecule has 0 unspecified atom stereocenters. The highest BCUT2D eigenvalue weighted by molar-refractivity contribution is 8.00. The zero-order valence-electron chi connectivity index (χ0n) is 19.1. The Bertz CT molecular complexity index is 1400. The van der Waals surface area contributed by atoms with Crippen LogP contribution in [0.5, 0.6) is 0 Å². The van der Waals surface area contributed by atoms with Gasteiger partial charge in [0.1, 0.15) is 11.1 Å². The number of hydrogen-bond donors (Lipinski definition) is 2. The number of carbonyl (C=O) groups is 3. The quantitative estimate of drug-likeness (QED) is 0.371. The van der Waals surface area contributed by atoms with Crippen LogP contribution in [0, 0.1) is 11.3 Å². The van der Waals surface area contributed by atoms with Gasteiger partial charge >= 0.3 is 0 Å². The molecular weight excluding hydrogens is 539 g/mol. The number of nitriles is 1. The van der Waals surface area contributed by atoms with Crippen molar-refractivity contribution >= 4 is 74.7 Å². The Morgan fingerprint density at radius 2 is 1.97 bits per heavy atom. The Hall–Kier alpha value is -3.03. The molecule has 3 amide bonds. The minimum Gasteiger partial charge on any atom is -0.337 e. The summed E-state index contributed by atoms with van der Waals surface area (Å²) in [4.78, 5) is 40.4. The first-order chi connectivity index (χ1) is 17.2. The molecule has 0 bridgehead atoms. The molecule has 0 radical (unpaired) electrons. The third-order valence-electron chi connectivity index (χ3n) is 5.50. The van der Waals surface area contributed by atoms with E-state index in [9.17, 15) is 19.6 Å². The van der Waals surface area contributed by atoms with E-state index in [1.807, 2.05) is 6.07 Å². The number of fused-ring (bicyclic) bond motifs is 1. The molecule has 0 spiro atoms. The third-order valence-corrected chi connectivity index (χ3v) is 8.18. The summed E-state index contributed by atoms with van der Waals surface area (Å²) in [5, 5.41) is 16.5. The zero-order valence-corrected chi connectivity index (χ0v) is 22.2. The second kappa shape index (κ2) is 11.4. The van der Waals surface area contributed by atoms with Gasteiger partial charge in [0.2, 0.25) is 11.8 Å². The molecule has 1 aromatic heterocycles. The average Bonchev–Trinajstić information content (AvgIpc) is 3.18. The number of amides is 3. The smallest absolute Gasteiger partial charge is 0.257 e. The summed E-state index contributed by atoms with van der Waals surface area (Å²) in [6.07, 6.45) is 0.596. The number of halogens is 2. The lowest BCUT2D eigenvalue weighted by Crippen LogP contribution is -2.33. The van der Waals surface area contributed by atoms with Crippen LogP contribution >= 0.6 is 46.3 Å². The summed E-state index contributed by atoms with van der Waals surface area (Å²) < 4.78 is 0. The van der Waals surface area contributed by atoms with Crippen molar-refractivity contribution in [3.63, 3.8) is 0 Å². The standard InChI is InChI=1S/C25H20Cl2N4O3S2/c1-14(32)31-8-7-18-20(11-28)25(36-22(18)12-31)30-23(33)13-35-17-4-2-3-16(10-17)29-24(34)19-6-5-15(26)9-21(19)27/h2-6,9-10H,7-8,12-13H2,1H3,(H,29,34)(H,30,33). The van der Waals surface area contributed by atoms with Crippen LogP contribution < -0.4 is 10.6 Å². The lowest BCUT2D eigenvalue weighted by Gasteiger charge is -2.25. The molecule has 2 N–H and O–H groups in total. The van der Waals surface area contributed by atoms with E-state index in [2.05, 4.69) is 16.7 Å². The van der Waals surface area contributed by atoms with E-state index in [-0.39, 0.29) is 28.5 Å². The highest BCUT2D eigenvalue weighted by Gasteiger charge is 2.26. The molecule has 0 aliphatic carbocycles. The third kappa shape index (κ3) is 6.02. The lowest BCUT2D eigenvalue weighted by molar-refractivity contribution is -0.129. The number of benzene rings is 2. The zero-order chi connectivity index (χ0) is 25.8. The molecule has 0 saturated heterocycles. The van der Waals surface area contributed by atoms with Crippen molar-refractivity contribution < 1.29 is 14.4 Å². The molecule has 36 heavy (non-hydrogen) atoms. The van der Waals surface area contributed by atoms with Gasteiger partial charge in [-0.15, -0.1) is 23.1 Å². The molecule has 2 heterocycles. The predicted octanol–water partition coefficient (Wildman–Crippen LogP) is 5.81. The summed E-state index contributed by atoms with van der Waals surface area (Å²) in [6.45, 7) is 2.54. The van der Waals surface area contributed by atoms with Crippen LogP contribution in [0.15, 0.2) is 47.4 Å². The van der Waals surface area contributed by atoms with Crippen molar-refractivity contribution in [2.45, 2.75) is 24.8 Å². The van der Waals surface area contributed by atoms with Crippen LogP contribution in [0.25, 0.3) is 0 Å². The maximum absolute atomic E-state index is 12.7. The molecule has 0 fully saturated rings. The molecule has 0 saturated carbocycles. The fourth-order valence-corrected chi connectivity index (χ4v) is 6.21. The second-order valence-electron chi connectivity index (χ2n) is 7.95. The molecule has 184 valence electrons. The lowest BCUT2D eigenvalue weighted by atomic mass is 10.0. The number of nitrogens with one attached hydrogen (secondary N) is 2. The molecule has 1 aliphatic rings. The number of anilines is 2. The Kier molecular flexibility index (Phi) is 8.21. The number of thiophene rings is 1. The van der Waals surface area contributed by atoms with E-state index in [1.54, 1.807) is 35.2 Å². The average molecular weight is 560 g/mol. The minimum absolute atomic E-state index is 0.00998. The summed E-state index contributed by atoms with van der Waals surface area (Å²) >= 11 is 14.7. The van der Waals surface area contributed by atoms with Crippen molar-refractivity contribution in [3.8, 4) is 6.07 Å². The number of nitrogens with zero attached hydrogens (tertiary/aromatic N) is 2. The van der Waals surface area contributed by atoms with Gasteiger partial charge in [0.15, 0.2) is 0 Å². The van der Waals surface area contributed by atoms with Gasteiger partial charge < -0.3 is 15.5 Å². The van der Waals surface area contributed by atoms with Crippen molar-refractivity contribution in [2.24, 2.45) is 0 Å². The highest BCUT2D eigenvalue weighted by atomic mass is 35.5. The Morgan fingerprint density at radius 1 is 1.17 bits per heavy atom. The Morgan fingerprint density at radius 3 is 2.69 bits per heavy atom. The van der Waals surface area contributed by atoms with Crippen molar-refractivity contribution in [2.75, 3.05) is 22.9 Å². The van der Waals surface area contributed by atoms with Crippen LogP contribution in [-0.2, 0) is 22.6 Å². The van der Waals surface area contributed by atoms with E-state index >= 15 is 0 Å². The van der Waals surface area contributed by atoms with E-state index in [1.165, 1.54) is 36.1 Å². The number of carbonyl (C=O) groups excluding carboxylic acids is 3. The van der Waals surface area contributed by atoms with Crippen LogP contribution in [0.2, 0.25) is 10.0 Å². The van der Waals surface area contributed by atoms with E-state index in [0.717, 1.165) is 15.3 Å². The van der Waals surface area contributed by atoms with E-state index < -0.39 is 0 Å². The van der Waals surface area contributed by atoms with Gasteiger partial charge in [-0.05, 0) is 48.4 Å². The highest BCUT2D eigenvalue weighted by Crippen LogP contribution is 2.37. The second-order valence-corrected chi connectivity index (χ2v) is 11.0. The van der Waals surface area contributed by atoms with Crippen LogP contribution in [0.3, 0.4) is 0 Å². The molecule has 4 rings (SSSR count). The summed E-state index contributed by atoms with van der Waals surface area (Å²) in [5.41, 5.74) is 2.25. The largest absolute Gasteiger partial charge is 0.337 e. The van der Waals surface area contributed by atoms with E-state index in [4.69, 9.17) is 23.2 Å². The fraction of sp³-hybridized carbons (Fsp3) is 0.200. The van der Waals surface area contributed by atoms with Gasteiger partial charge in [0, 0.05) is 34.0 Å². The molecule has 3 aromatic rings. The van der Waals surface area contributed by atoms with Gasteiger partial charge in [-0.3, -0.25) is 14.4 Å². The van der Waals surface area contributed by atoms with Crippen molar-refractivity contribution in [1.82, 2.24) is 4.90 Å². The van der Waals surface area contributed by atoms with Crippen molar-refractivity contribution in [1.29, 1.82) is 5.26 Å². The SMILES string of the molecule is CC(=O)N1CCc2c(sc(NC(=O)CSc3cccc(NC(=O)c4ccc(Cl)cc4Cl)c3)c2C#N)C1. The van der Waals surface area contributed by atoms with Crippen LogP contribution in [-0.4, -0.2) is 34.9 Å². The monoisotopic (exact) mass is 558 g/mol. The Balaban J connectivity index is 1.38. The topological polar surface area (TPSA) is 102 Å². The molecule has 11 heteroatoms. The van der Waals surface area contributed by atoms with Crippen LogP contribution in [0.1, 0.15) is 33.3 Å². The van der Waals surface area contributed by atoms with Crippen molar-refractivity contribution in [3.05, 3.63) is 74.1 Å². The first-order valence-corrected chi connectivity index (χ1v) is 13.4. The van der Waals surface area contributed by atoms with Gasteiger partial charge in [0.05, 0.1) is 28.4 Å².